The molecule has 1 aliphatic rings. The quantitative estimate of drug-likeness (QED) is 0.531. The van der Waals surface area contributed by atoms with Gasteiger partial charge in [-0.2, -0.15) is 0 Å². The Morgan fingerprint density at radius 3 is 2.94 bits per heavy atom. The van der Waals surface area contributed by atoms with Gasteiger partial charge in [-0.15, -0.1) is 0 Å². The number of amides is 1. The summed E-state index contributed by atoms with van der Waals surface area (Å²) in [5.41, 5.74) is 1.41. The molecule has 0 radical (unpaired) electrons. The normalized spacial score (nSPS) is 14.6. The Hall–Kier alpha value is -1.69. The summed E-state index contributed by atoms with van der Waals surface area (Å²) in [4.78, 5) is 14.8. The predicted molar refractivity (Wildman–Crippen MR) is 54.7 cm³/mol. The van der Waals surface area contributed by atoms with Gasteiger partial charge in [0.25, 0.3) is 5.91 Å². The van der Waals surface area contributed by atoms with Gasteiger partial charge in [0.2, 0.25) is 0 Å². The van der Waals surface area contributed by atoms with Gasteiger partial charge in [0, 0.05) is 12.7 Å². The van der Waals surface area contributed by atoms with Crippen molar-refractivity contribution in [3.05, 3.63) is 23.6 Å². The van der Waals surface area contributed by atoms with Crippen LogP contribution in [0.3, 0.4) is 0 Å². The van der Waals surface area contributed by atoms with Crippen LogP contribution in [-0.4, -0.2) is 22.6 Å². The second kappa shape index (κ2) is 4.44. The molecule has 0 bridgehead atoms. The summed E-state index contributed by atoms with van der Waals surface area (Å²) in [6.07, 6.45) is 3.54. The maximum absolute atomic E-state index is 13.4. The molecular weight excluding hydrogens is 213 g/mol. The molecule has 3 N–H and O–H groups in total. The Morgan fingerprint density at radius 2 is 2.38 bits per heavy atom. The van der Waals surface area contributed by atoms with Crippen LogP contribution in [0.4, 0.5) is 10.2 Å². The van der Waals surface area contributed by atoms with E-state index in [1.54, 1.807) is 0 Å². The first-order valence-electron chi connectivity index (χ1n) is 5.04. The summed E-state index contributed by atoms with van der Waals surface area (Å²) in [5.74, 6) is -0.620. The number of nitrogens with zero attached hydrogens (tertiary/aromatic N) is 1. The molecule has 5 nitrogen and oxygen atoms in total. The zero-order valence-corrected chi connectivity index (χ0v) is 8.53. The number of hydroxylamine groups is 1. The highest BCUT2D eigenvalue weighted by Crippen LogP contribution is 2.28. The molecule has 1 amide bonds. The summed E-state index contributed by atoms with van der Waals surface area (Å²) in [6.45, 7) is 0.704. The van der Waals surface area contributed by atoms with Crippen LogP contribution in [0.1, 0.15) is 23.2 Å². The minimum atomic E-state index is -0.778. The molecule has 1 aromatic rings. The monoisotopic (exact) mass is 225 g/mol. The van der Waals surface area contributed by atoms with E-state index in [9.17, 15) is 9.18 Å². The van der Waals surface area contributed by atoms with E-state index in [0.29, 0.717) is 12.5 Å². The number of nitrogens with one attached hydrogen (secondary N) is 2. The topological polar surface area (TPSA) is 74.2 Å². The number of anilines is 1. The summed E-state index contributed by atoms with van der Waals surface area (Å²) in [5, 5.41) is 11.2. The van der Waals surface area contributed by atoms with E-state index in [4.69, 9.17) is 5.21 Å². The van der Waals surface area contributed by atoms with Crippen molar-refractivity contribution in [2.24, 2.45) is 5.92 Å². The van der Waals surface area contributed by atoms with Crippen LogP contribution in [0.15, 0.2) is 12.3 Å². The maximum atomic E-state index is 13.4. The Morgan fingerprint density at radius 1 is 1.62 bits per heavy atom. The van der Waals surface area contributed by atoms with Crippen LogP contribution in [0.25, 0.3) is 0 Å². The van der Waals surface area contributed by atoms with E-state index in [-0.39, 0.29) is 11.4 Å². The van der Waals surface area contributed by atoms with Gasteiger partial charge >= 0.3 is 0 Å². The number of aromatic nitrogens is 1. The van der Waals surface area contributed by atoms with Gasteiger partial charge in [-0.3, -0.25) is 10.0 Å². The van der Waals surface area contributed by atoms with Crippen LogP contribution in [-0.2, 0) is 0 Å². The van der Waals surface area contributed by atoms with Crippen LogP contribution in [0.5, 0.6) is 0 Å². The van der Waals surface area contributed by atoms with E-state index < -0.39 is 11.7 Å². The number of carbonyl (C=O) groups excluding carboxylic acids is 1. The molecule has 0 spiro atoms. The number of carbonyl (C=O) groups is 1. The lowest BCUT2D eigenvalue weighted by molar-refractivity contribution is 0.0705. The first kappa shape index (κ1) is 10.8. The third-order valence-corrected chi connectivity index (χ3v) is 2.46. The van der Waals surface area contributed by atoms with E-state index in [2.05, 4.69) is 10.3 Å². The second-order valence-electron chi connectivity index (χ2n) is 3.82. The molecule has 1 saturated carbocycles. The smallest absolute Gasteiger partial charge is 0.276 e. The molecule has 6 heteroatoms. The SMILES string of the molecule is O=C(NO)c1cnc(NCC2CC2)c(F)c1. The van der Waals surface area contributed by atoms with Gasteiger partial charge in [0.1, 0.15) is 0 Å². The molecule has 1 fully saturated rings. The van der Waals surface area contributed by atoms with Gasteiger partial charge in [-0.05, 0) is 24.8 Å². The second-order valence-corrected chi connectivity index (χ2v) is 3.82. The van der Waals surface area contributed by atoms with Crippen molar-refractivity contribution in [3.8, 4) is 0 Å². The lowest BCUT2D eigenvalue weighted by Crippen LogP contribution is -2.19. The fourth-order valence-corrected chi connectivity index (χ4v) is 1.32. The largest absolute Gasteiger partial charge is 0.367 e. The molecular formula is C10H12FN3O2. The van der Waals surface area contributed by atoms with Crippen molar-refractivity contribution >= 4 is 11.7 Å². The molecule has 0 aliphatic heterocycles. The number of hydrogen-bond donors (Lipinski definition) is 3. The molecule has 0 atom stereocenters. The zero-order valence-electron chi connectivity index (χ0n) is 8.53. The van der Waals surface area contributed by atoms with Crippen LogP contribution >= 0.6 is 0 Å². The molecule has 16 heavy (non-hydrogen) atoms. The molecule has 1 aromatic heterocycles. The summed E-state index contributed by atoms with van der Waals surface area (Å²) >= 11 is 0. The van der Waals surface area contributed by atoms with Gasteiger partial charge in [-0.1, -0.05) is 0 Å². The van der Waals surface area contributed by atoms with Crippen LogP contribution < -0.4 is 10.8 Å². The standard InChI is InChI=1S/C10H12FN3O2/c11-8-3-7(10(15)14-16)5-13-9(8)12-4-6-1-2-6/h3,5-6,16H,1-2,4H2,(H,12,13)(H,14,15). The number of pyridine rings is 1. The third-order valence-electron chi connectivity index (χ3n) is 2.46. The highest BCUT2D eigenvalue weighted by Gasteiger charge is 2.21. The van der Waals surface area contributed by atoms with Gasteiger partial charge in [-0.25, -0.2) is 14.9 Å². The summed E-state index contributed by atoms with van der Waals surface area (Å²) in [7, 11) is 0. The summed E-state index contributed by atoms with van der Waals surface area (Å²) < 4.78 is 13.4. The Bertz CT molecular complexity index is 407. The van der Waals surface area contributed by atoms with E-state index in [1.807, 2.05) is 0 Å². The highest BCUT2D eigenvalue weighted by molar-refractivity contribution is 5.93. The molecule has 1 aliphatic carbocycles. The molecule has 0 saturated heterocycles. The zero-order chi connectivity index (χ0) is 11.5. The molecule has 2 rings (SSSR count). The van der Waals surface area contributed by atoms with Crippen molar-refractivity contribution in [2.45, 2.75) is 12.8 Å². The first-order chi connectivity index (χ1) is 7.70. The first-order valence-corrected chi connectivity index (χ1v) is 5.04. The van der Waals surface area contributed by atoms with E-state index in [1.165, 1.54) is 24.5 Å². The minimum Gasteiger partial charge on any atom is -0.367 e. The lowest BCUT2D eigenvalue weighted by Gasteiger charge is -2.06. The minimum absolute atomic E-state index is 0.0167. The van der Waals surface area contributed by atoms with Gasteiger partial charge < -0.3 is 5.32 Å². The third kappa shape index (κ3) is 2.46. The fourth-order valence-electron chi connectivity index (χ4n) is 1.32. The molecule has 0 unspecified atom stereocenters. The average molecular weight is 225 g/mol. The molecule has 86 valence electrons. The van der Waals surface area contributed by atoms with Crippen molar-refractivity contribution in [2.75, 3.05) is 11.9 Å². The number of hydrogen-bond acceptors (Lipinski definition) is 4. The van der Waals surface area contributed by atoms with Crippen molar-refractivity contribution in [3.63, 3.8) is 0 Å². The highest BCUT2D eigenvalue weighted by atomic mass is 19.1. The van der Waals surface area contributed by atoms with Crippen LogP contribution in [0.2, 0.25) is 0 Å². The Labute approximate surface area is 91.6 Å². The Balaban J connectivity index is 2.05. The van der Waals surface area contributed by atoms with Crippen molar-refractivity contribution < 1.29 is 14.4 Å². The van der Waals surface area contributed by atoms with Crippen LogP contribution in [0, 0.1) is 11.7 Å². The lowest BCUT2D eigenvalue weighted by atomic mass is 10.2. The van der Waals surface area contributed by atoms with E-state index >= 15 is 0 Å². The number of halogens is 1. The van der Waals surface area contributed by atoms with E-state index in [0.717, 1.165) is 6.07 Å². The van der Waals surface area contributed by atoms with Crippen molar-refractivity contribution in [1.82, 2.24) is 10.5 Å². The fraction of sp³-hybridized carbons (Fsp3) is 0.400. The molecule has 1 heterocycles. The van der Waals surface area contributed by atoms with Gasteiger partial charge in [0.15, 0.2) is 11.6 Å². The van der Waals surface area contributed by atoms with Gasteiger partial charge in [0.05, 0.1) is 5.56 Å². The summed E-state index contributed by atoms with van der Waals surface area (Å²) in [6, 6.07) is 1.04. The maximum Gasteiger partial charge on any atom is 0.276 e. The predicted octanol–water partition coefficient (Wildman–Crippen LogP) is 1.16. The Kier molecular flexibility index (Phi) is 3.00. The average Bonchev–Trinajstić information content (AvgIpc) is 3.10. The number of rotatable bonds is 4. The molecule has 0 aromatic carbocycles. The van der Waals surface area contributed by atoms with Crippen molar-refractivity contribution in [1.29, 1.82) is 0 Å².